The predicted molar refractivity (Wildman–Crippen MR) is 68.9 cm³/mol. The first kappa shape index (κ1) is 11.7. The van der Waals surface area contributed by atoms with E-state index in [9.17, 15) is 0 Å². The number of aromatic nitrogens is 1. The highest BCUT2D eigenvalue weighted by Gasteiger charge is 2.14. The third kappa shape index (κ3) is 3.12. The van der Waals surface area contributed by atoms with Gasteiger partial charge >= 0.3 is 0 Å². The number of nitrogens with one attached hydrogen (secondary N) is 1. The number of hydrogen-bond acceptors (Lipinski definition) is 4. The molecule has 1 saturated heterocycles. The monoisotopic (exact) mass is 238 g/mol. The van der Waals surface area contributed by atoms with Crippen LogP contribution in [0.4, 0.5) is 5.82 Å². The lowest BCUT2D eigenvalue weighted by Gasteiger charge is -2.21. The fourth-order valence-corrected chi connectivity index (χ4v) is 3.00. The second-order valence-electron chi connectivity index (χ2n) is 3.88. The maximum Gasteiger partial charge on any atom is 0.129 e. The summed E-state index contributed by atoms with van der Waals surface area (Å²) in [4.78, 5) is 4.31. The van der Waals surface area contributed by atoms with Crippen LogP contribution in [0, 0.1) is 0 Å². The van der Waals surface area contributed by atoms with E-state index in [-0.39, 0.29) is 0 Å². The van der Waals surface area contributed by atoms with E-state index in [1.807, 2.05) is 31.1 Å². The summed E-state index contributed by atoms with van der Waals surface area (Å²) < 4.78 is 5.36. The number of nitrogens with zero attached hydrogens (tertiary/aromatic N) is 1. The number of thioether (sulfide) groups is 1. The zero-order valence-electron chi connectivity index (χ0n) is 9.61. The molecule has 0 aliphatic carbocycles. The van der Waals surface area contributed by atoms with Crippen molar-refractivity contribution >= 4 is 17.6 Å². The van der Waals surface area contributed by atoms with Crippen molar-refractivity contribution in [3.05, 3.63) is 23.9 Å². The molecule has 16 heavy (non-hydrogen) atoms. The van der Waals surface area contributed by atoms with Crippen molar-refractivity contribution in [2.24, 2.45) is 0 Å². The Morgan fingerprint density at radius 1 is 1.50 bits per heavy atom. The van der Waals surface area contributed by atoms with E-state index in [4.69, 9.17) is 4.74 Å². The Kier molecular flexibility index (Phi) is 4.48. The molecular formula is C12H18N2OS. The lowest BCUT2D eigenvalue weighted by atomic mass is 10.2. The summed E-state index contributed by atoms with van der Waals surface area (Å²) in [5.74, 6) is 2.04. The zero-order valence-corrected chi connectivity index (χ0v) is 10.4. The van der Waals surface area contributed by atoms with Crippen molar-refractivity contribution in [3.8, 4) is 0 Å². The minimum atomic E-state index is 0.749. The third-order valence-electron chi connectivity index (χ3n) is 2.77. The smallest absolute Gasteiger partial charge is 0.129 e. The van der Waals surface area contributed by atoms with Gasteiger partial charge in [0.15, 0.2) is 0 Å². The van der Waals surface area contributed by atoms with Gasteiger partial charge in [0.1, 0.15) is 5.82 Å². The molecule has 0 amide bonds. The van der Waals surface area contributed by atoms with Gasteiger partial charge in [0, 0.05) is 43.0 Å². The average Bonchev–Trinajstić information content (AvgIpc) is 2.38. The summed E-state index contributed by atoms with van der Waals surface area (Å²) in [5.41, 5.74) is 1.29. The summed E-state index contributed by atoms with van der Waals surface area (Å²) in [6.45, 7) is 1.84. The molecular weight excluding hydrogens is 220 g/mol. The van der Waals surface area contributed by atoms with Gasteiger partial charge in [-0.05, 0) is 18.9 Å². The van der Waals surface area contributed by atoms with Gasteiger partial charge in [-0.3, -0.25) is 0 Å². The molecule has 0 spiro atoms. The van der Waals surface area contributed by atoms with Gasteiger partial charge in [-0.2, -0.15) is 11.8 Å². The van der Waals surface area contributed by atoms with Crippen LogP contribution in [0.25, 0.3) is 0 Å². The lowest BCUT2D eigenvalue weighted by molar-refractivity contribution is 0.1000. The summed E-state index contributed by atoms with van der Waals surface area (Å²) in [6, 6.07) is 4.14. The van der Waals surface area contributed by atoms with Crippen LogP contribution in [-0.4, -0.2) is 30.5 Å². The molecule has 3 nitrogen and oxygen atoms in total. The summed E-state index contributed by atoms with van der Waals surface area (Å²) >= 11 is 2.02. The number of hydrogen-bond donors (Lipinski definition) is 1. The van der Waals surface area contributed by atoms with E-state index >= 15 is 0 Å². The Hall–Kier alpha value is -0.740. The van der Waals surface area contributed by atoms with E-state index in [2.05, 4.69) is 16.4 Å². The van der Waals surface area contributed by atoms with E-state index in [0.717, 1.165) is 30.0 Å². The van der Waals surface area contributed by atoms with Crippen molar-refractivity contribution in [1.82, 2.24) is 4.98 Å². The molecule has 1 N–H and O–H groups in total. The first-order chi connectivity index (χ1) is 7.90. The molecule has 1 aliphatic heterocycles. The standard InChI is InChI=1S/C12H18N2OS/c1-13-12-10(3-2-6-14-12)9-16-11-4-7-15-8-5-11/h2-3,6,11H,4-5,7-9H2,1H3,(H,13,14). The molecule has 0 aromatic carbocycles. The maximum atomic E-state index is 5.36. The van der Waals surface area contributed by atoms with E-state index in [1.165, 1.54) is 18.4 Å². The highest BCUT2D eigenvalue weighted by Crippen LogP contribution is 2.27. The molecule has 0 unspecified atom stereocenters. The van der Waals surface area contributed by atoms with E-state index in [1.54, 1.807) is 0 Å². The van der Waals surface area contributed by atoms with Gasteiger partial charge in [0.2, 0.25) is 0 Å². The highest BCUT2D eigenvalue weighted by molar-refractivity contribution is 7.99. The van der Waals surface area contributed by atoms with E-state index in [0.29, 0.717) is 0 Å². The number of pyridine rings is 1. The molecule has 2 rings (SSSR count). The second kappa shape index (κ2) is 6.11. The SMILES string of the molecule is CNc1ncccc1CSC1CCOCC1. The second-order valence-corrected chi connectivity index (χ2v) is 5.17. The predicted octanol–water partition coefficient (Wildman–Crippen LogP) is 2.54. The van der Waals surface area contributed by atoms with Crippen LogP contribution in [0.5, 0.6) is 0 Å². The molecule has 1 fully saturated rings. The molecule has 0 bridgehead atoms. The van der Waals surface area contributed by atoms with Crippen molar-refractivity contribution in [2.75, 3.05) is 25.6 Å². The Labute approximate surface area is 101 Å². The minimum absolute atomic E-state index is 0.749. The lowest BCUT2D eigenvalue weighted by Crippen LogP contribution is -2.17. The number of rotatable bonds is 4. The molecule has 1 aromatic heterocycles. The van der Waals surface area contributed by atoms with Gasteiger partial charge in [0.25, 0.3) is 0 Å². The largest absolute Gasteiger partial charge is 0.381 e. The molecule has 1 aromatic rings. The molecule has 0 saturated carbocycles. The molecule has 88 valence electrons. The molecule has 0 radical (unpaired) electrons. The summed E-state index contributed by atoms with van der Waals surface area (Å²) in [7, 11) is 1.92. The van der Waals surface area contributed by atoms with Crippen LogP contribution in [0.2, 0.25) is 0 Å². The molecule has 2 heterocycles. The third-order valence-corrected chi connectivity index (χ3v) is 4.19. The fraction of sp³-hybridized carbons (Fsp3) is 0.583. The van der Waals surface area contributed by atoms with Crippen molar-refractivity contribution in [1.29, 1.82) is 0 Å². The van der Waals surface area contributed by atoms with Crippen LogP contribution in [-0.2, 0) is 10.5 Å². The molecule has 1 aliphatic rings. The van der Waals surface area contributed by atoms with Gasteiger partial charge in [0.05, 0.1) is 0 Å². The summed E-state index contributed by atoms with van der Waals surface area (Å²) in [5, 5.41) is 3.88. The van der Waals surface area contributed by atoms with Crippen LogP contribution in [0.15, 0.2) is 18.3 Å². The van der Waals surface area contributed by atoms with Gasteiger partial charge in [-0.1, -0.05) is 6.07 Å². The van der Waals surface area contributed by atoms with Crippen LogP contribution in [0.1, 0.15) is 18.4 Å². The van der Waals surface area contributed by atoms with Crippen LogP contribution in [0.3, 0.4) is 0 Å². The fourth-order valence-electron chi connectivity index (χ4n) is 1.83. The zero-order chi connectivity index (χ0) is 11.2. The van der Waals surface area contributed by atoms with Crippen LogP contribution < -0.4 is 5.32 Å². The molecule has 0 atom stereocenters. The first-order valence-corrected chi connectivity index (χ1v) is 6.76. The number of anilines is 1. The van der Waals surface area contributed by atoms with Gasteiger partial charge < -0.3 is 10.1 Å². The Balaban J connectivity index is 1.88. The Morgan fingerprint density at radius 3 is 3.06 bits per heavy atom. The maximum absolute atomic E-state index is 5.36. The molecule has 4 heteroatoms. The van der Waals surface area contributed by atoms with Crippen molar-refractivity contribution in [2.45, 2.75) is 23.8 Å². The van der Waals surface area contributed by atoms with Gasteiger partial charge in [-0.15, -0.1) is 0 Å². The summed E-state index contributed by atoms with van der Waals surface area (Å²) in [6.07, 6.45) is 4.19. The van der Waals surface area contributed by atoms with Crippen LogP contribution >= 0.6 is 11.8 Å². The average molecular weight is 238 g/mol. The van der Waals surface area contributed by atoms with E-state index < -0.39 is 0 Å². The first-order valence-electron chi connectivity index (χ1n) is 5.71. The Morgan fingerprint density at radius 2 is 2.31 bits per heavy atom. The number of ether oxygens (including phenoxy) is 1. The topological polar surface area (TPSA) is 34.2 Å². The van der Waals surface area contributed by atoms with Crippen molar-refractivity contribution in [3.63, 3.8) is 0 Å². The van der Waals surface area contributed by atoms with Gasteiger partial charge in [-0.25, -0.2) is 4.98 Å². The highest BCUT2D eigenvalue weighted by atomic mass is 32.2. The Bertz CT molecular complexity index is 327. The van der Waals surface area contributed by atoms with Crippen molar-refractivity contribution < 1.29 is 4.74 Å². The normalized spacial score (nSPS) is 17.3. The minimum Gasteiger partial charge on any atom is -0.381 e. The quantitative estimate of drug-likeness (QED) is 0.874.